The van der Waals surface area contributed by atoms with Crippen molar-refractivity contribution in [1.82, 2.24) is 9.78 Å². The highest BCUT2D eigenvalue weighted by atomic mass is 19.3. The summed E-state index contributed by atoms with van der Waals surface area (Å²) in [5, 5.41) is 3.83. The topological polar surface area (TPSA) is 52.0 Å². The van der Waals surface area contributed by atoms with Crippen LogP contribution in [0, 0.1) is 5.82 Å². The number of halogens is 3. The van der Waals surface area contributed by atoms with Crippen LogP contribution in [0.4, 0.5) is 13.2 Å². The number of ketones is 1. The zero-order valence-corrected chi connectivity index (χ0v) is 10.1. The van der Waals surface area contributed by atoms with Crippen molar-refractivity contribution in [1.29, 1.82) is 0 Å². The highest BCUT2D eigenvalue weighted by Crippen LogP contribution is 2.33. The van der Waals surface area contributed by atoms with Gasteiger partial charge in [-0.25, -0.2) is 9.07 Å². The molecule has 0 amide bonds. The number of Topliss-reactive ketones (excluding diaryl/α,β-unsaturated/α-hetero) is 1. The molecule has 0 aliphatic heterocycles. The minimum atomic E-state index is -3.91. The molecule has 1 heterocycles. The lowest BCUT2D eigenvalue weighted by Gasteiger charge is -2.14. The second-order valence-corrected chi connectivity index (χ2v) is 4.10. The number of hydrogen-bond acceptors (Lipinski definition) is 3. The van der Waals surface area contributed by atoms with Gasteiger partial charge in [-0.3, -0.25) is 9.59 Å². The Kier molecular flexibility index (Phi) is 2.92. The van der Waals surface area contributed by atoms with Gasteiger partial charge < -0.3 is 0 Å². The number of alkyl halides is 2. The Morgan fingerprint density at radius 1 is 1.26 bits per heavy atom. The van der Waals surface area contributed by atoms with Crippen LogP contribution >= 0.6 is 0 Å². The molecule has 0 atom stereocenters. The number of rotatable bonds is 2. The van der Waals surface area contributed by atoms with Gasteiger partial charge in [-0.1, -0.05) is 0 Å². The molecule has 0 fully saturated rings. The number of fused-ring (bicyclic) bond motifs is 1. The van der Waals surface area contributed by atoms with Crippen LogP contribution in [0.15, 0.2) is 18.3 Å². The Hall–Kier alpha value is -2.18. The van der Waals surface area contributed by atoms with Crippen molar-refractivity contribution in [3.8, 4) is 0 Å². The molecule has 100 valence electrons. The molecule has 0 aliphatic rings. The highest BCUT2D eigenvalue weighted by molar-refractivity contribution is 5.91. The van der Waals surface area contributed by atoms with Gasteiger partial charge in [-0.2, -0.15) is 13.9 Å². The quantitative estimate of drug-likeness (QED) is 0.842. The maximum atomic E-state index is 13.7. The molecule has 0 saturated carbocycles. The van der Waals surface area contributed by atoms with E-state index in [1.807, 2.05) is 0 Å². The maximum Gasteiger partial charge on any atom is 0.333 e. The van der Waals surface area contributed by atoms with E-state index in [0.29, 0.717) is 6.92 Å². The number of hydrogen-bond donors (Lipinski definition) is 0. The zero-order valence-electron chi connectivity index (χ0n) is 10.1. The monoisotopic (exact) mass is 270 g/mol. The maximum absolute atomic E-state index is 13.7. The fraction of sp³-hybridized carbons (Fsp3) is 0.250. The first kappa shape index (κ1) is 13.3. The fourth-order valence-electron chi connectivity index (χ4n) is 1.73. The van der Waals surface area contributed by atoms with E-state index in [-0.39, 0.29) is 10.9 Å². The van der Waals surface area contributed by atoms with Crippen molar-refractivity contribution in [3.63, 3.8) is 0 Å². The highest BCUT2D eigenvalue weighted by Gasteiger charge is 2.40. The SMILES string of the molecule is CC(=O)n1ncc2cc(C(F)(F)C(C)=O)c(F)cc21. The molecule has 0 spiro atoms. The average Bonchev–Trinajstić information content (AvgIpc) is 2.70. The molecule has 1 aromatic heterocycles. The van der Waals surface area contributed by atoms with Crippen LogP contribution in [0.3, 0.4) is 0 Å². The van der Waals surface area contributed by atoms with Crippen molar-refractivity contribution in [2.75, 3.05) is 0 Å². The molecule has 0 radical (unpaired) electrons. The number of nitrogens with zero attached hydrogens (tertiary/aromatic N) is 2. The average molecular weight is 270 g/mol. The van der Waals surface area contributed by atoms with E-state index < -0.39 is 29.0 Å². The minimum Gasteiger partial charge on any atom is -0.293 e. The summed E-state index contributed by atoms with van der Waals surface area (Å²) in [6.45, 7) is 1.89. The first-order valence-electron chi connectivity index (χ1n) is 5.32. The number of aromatic nitrogens is 2. The van der Waals surface area contributed by atoms with Crippen molar-refractivity contribution < 1.29 is 22.8 Å². The van der Waals surface area contributed by atoms with Crippen LogP contribution in [0.1, 0.15) is 24.2 Å². The third-order valence-corrected chi connectivity index (χ3v) is 2.74. The Labute approximate surface area is 105 Å². The summed E-state index contributed by atoms with van der Waals surface area (Å²) in [4.78, 5) is 22.1. The van der Waals surface area contributed by atoms with Crippen LogP contribution in [0.5, 0.6) is 0 Å². The van der Waals surface area contributed by atoms with Crippen LogP contribution in [-0.4, -0.2) is 21.5 Å². The third-order valence-electron chi connectivity index (χ3n) is 2.74. The summed E-state index contributed by atoms with van der Waals surface area (Å²) in [7, 11) is 0. The molecule has 0 unspecified atom stereocenters. The van der Waals surface area contributed by atoms with Crippen LogP contribution in [0.25, 0.3) is 10.9 Å². The Bertz CT molecular complexity index is 692. The van der Waals surface area contributed by atoms with Crippen molar-refractivity contribution in [2.45, 2.75) is 19.8 Å². The molecule has 0 aliphatic carbocycles. The molecule has 19 heavy (non-hydrogen) atoms. The normalized spacial score (nSPS) is 11.8. The Balaban J connectivity index is 2.71. The van der Waals surface area contributed by atoms with Crippen molar-refractivity contribution in [2.24, 2.45) is 0 Å². The van der Waals surface area contributed by atoms with Crippen molar-refractivity contribution in [3.05, 3.63) is 29.7 Å². The molecule has 2 rings (SSSR count). The smallest absolute Gasteiger partial charge is 0.293 e. The lowest BCUT2D eigenvalue weighted by Crippen LogP contribution is -2.24. The largest absolute Gasteiger partial charge is 0.333 e. The summed E-state index contributed by atoms with van der Waals surface area (Å²) in [6.07, 6.45) is 1.16. The van der Waals surface area contributed by atoms with Gasteiger partial charge >= 0.3 is 5.92 Å². The number of carbonyl (C=O) groups excluding carboxylic acids is 2. The molecule has 0 N–H and O–H groups in total. The van der Waals surface area contributed by atoms with E-state index in [1.54, 1.807) is 0 Å². The summed E-state index contributed by atoms with van der Waals surface area (Å²) in [6, 6.07) is 1.61. The van der Waals surface area contributed by atoms with Crippen LogP contribution in [-0.2, 0) is 10.7 Å². The Morgan fingerprint density at radius 3 is 2.42 bits per heavy atom. The predicted octanol–water partition coefficient (Wildman–Crippen LogP) is 2.52. The number of carbonyl (C=O) groups is 2. The lowest BCUT2D eigenvalue weighted by atomic mass is 10.0. The standard InChI is InChI=1S/C12H9F3N2O2/c1-6(18)12(14,15)9-3-8-5-16-17(7(2)19)11(8)4-10(9)13/h3-5H,1-2H3. The molecule has 0 saturated heterocycles. The fourth-order valence-corrected chi connectivity index (χ4v) is 1.73. The van der Waals surface area contributed by atoms with E-state index in [9.17, 15) is 22.8 Å². The first-order chi connectivity index (χ1) is 8.75. The van der Waals surface area contributed by atoms with Gasteiger partial charge in [0.05, 0.1) is 17.3 Å². The molecule has 4 nitrogen and oxygen atoms in total. The minimum absolute atomic E-state index is 0.0769. The van der Waals surface area contributed by atoms with E-state index in [2.05, 4.69) is 5.10 Å². The molecule has 7 heteroatoms. The molecular weight excluding hydrogens is 261 g/mol. The van der Waals surface area contributed by atoms with E-state index in [1.165, 1.54) is 6.92 Å². The summed E-state index contributed by atoms with van der Waals surface area (Å²) < 4.78 is 41.7. The van der Waals surface area contributed by atoms with E-state index in [4.69, 9.17) is 0 Å². The third kappa shape index (κ3) is 2.00. The molecule has 0 bridgehead atoms. The van der Waals surface area contributed by atoms with Crippen LogP contribution in [0.2, 0.25) is 0 Å². The van der Waals surface area contributed by atoms with Gasteiger partial charge in [0, 0.05) is 25.3 Å². The van der Waals surface area contributed by atoms with Gasteiger partial charge in [0.2, 0.25) is 11.7 Å². The first-order valence-corrected chi connectivity index (χ1v) is 5.32. The van der Waals surface area contributed by atoms with Crippen molar-refractivity contribution >= 4 is 22.6 Å². The summed E-state index contributed by atoms with van der Waals surface area (Å²) >= 11 is 0. The molecule has 2 aromatic rings. The van der Waals surface area contributed by atoms with Gasteiger partial charge in [-0.15, -0.1) is 0 Å². The predicted molar refractivity (Wildman–Crippen MR) is 60.6 cm³/mol. The van der Waals surface area contributed by atoms with Gasteiger partial charge in [0.15, 0.2) is 0 Å². The number of benzene rings is 1. The second kappa shape index (κ2) is 4.18. The molecular formula is C12H9F3N2O2. The van der Waals surface area contributed by atoms with Gasteiger partial charge in [0.25, 0.3) is 0 Å². The molecule has 1 aromatic carbocycles. The second-order valence-electron chi connectivity index (χ2n) is 4.10. The van der Waals surface area contributed by atoms with E-state index in [0.717, 1.165) is 23.0 Å². The van der Waals surface area contributed by atoms with E-state index >= 15 is 0 Å². The summed E-state index contributed by atoms with van der Waals surface area (Å²) in [5.74, 6) is -7.09. The van der Waals surface area contributed by atoms with Gasteiger partial charge in [-0.05, 0) is 6.07 Å². The van der Waals surface area contributed by atoms with Crippen LogP contribution < -0.4 is 0 Å². The summed E-state index contributed by atoms with van der Waals surface area (Å²) in [5.41, 5.74) is -0.941. The zero-order chi connectivity index (χ0) is 14.4. The Morgan fingerprint density at radius 2 is 1.89 bits per heavy atom. The van der Waals surface area contributed by atoms with Gasteiger partial charge in [0.1, 0.15) is 5.82 Å². The lowest BCUT2D eigenvalue weighted by molar-refractivity contribution is -0.142.